The van der Waals surface area contributed by atoms with Gasteiger partial charge in [0.05, 0.1) is 11.6 Å². The average Bonchev–Trinajstić information content (AvgIpc) is 2.29. The summed E-state index contributed by atoms with van der Waals surface area (Å²) in [7, 11) is 0. The van der Waals surface area contributed by atoms with Crippen LogP contribution in [0.3, 0.4) is 0 Å². The van der Waals surface area contributed by atoms with Crippen molar-refractivity contribution in [2.75, 3.05) is 0 Å². The van der Waals surface area contributed by atoms with E-state index in [2.05, 4.69) is 15.9 Å². The van der Waals surface area contributed by atoms with E-state index in [0.29, 0.717) is 12.1 Å². The maximum atomic E-state index is 13.2. The van der Waals surface area contributed by atoms with Crippen molar-refractivity contribution in [2.24, 2.45) is 0 Å². The normalized spacial score (nSPS) is 10.5. The van der Waals surface area contributed by atoms with E-state index in [4.69, 9.17) is 11.6 Å². The standard InChI is InChI=1S/C12H8BrClFNO/c13-9-2-4-12(17)16(7-9)6-8-1-3-10(14)11(15)5-8/h1-5,7H,6H2. The molecule has 0 aliphatic carbocycles. The van der Waals surface area contributed by atoms with E-state index in [0.717, 1.165) is 4.47 Å². The highest BCUT2D eigenvalue weighted by Gasteiger charge is 2.03. The highest BCUT2D eigenvalue weighted by molar-refractivity contribution is 9.10. The molecule has 0 saturated heterocycles. The first-order chi connectivity index (χ1) is 8.06. The highest BCUT2D eigenvalue weighted by Crippen LogP contribution is 2.16. The molecule has 2 aromatic rings. The van der Waals surface area contributed by atoms with E-state index >= 15 is 0 Å². The minimum absolute atomic E-state index is 0.0790. The van der Waals surface area contributed by atoms with Crippen molar-refractivity contribution in [1.82, 2.24) is 4.57 Å². The van der Waals surface area contributed by atoms with Crippen molar-refractivity contribution < 1.29 is 4.39 Å². The maximum Gasteiger partial charge on any atom is 0.250 e. The number of aromatic nitrogens is 1. The van der Waals surface area contributed by atoms with Crippen LogP contribution in [-0.2, 0) is 6.54 Å². The highest BCUT2D eigenvalue weighted by atomic mass is 79.9. The van der Waals surface area contributed by atoms with Gasteiger partial charge in [0, 0.05) is 16.7 Å². The summed E-state index contributed by atoms with van der Waals surface area (Å²) in [6.07, 6.45) is 1.66. The number of nitrogens with zero attached hydrogens (tertiary/aromatic N) is 1. The number of hydrogen-bond acceptors (Lipinski definition) is 1. The molecule has 0 fully saturated rings. The molecule has 0 aliphatic heterocycles. The largest absolute Gasteiger partial charge is 0.310 e. The molecule has 0 bridgehead atoms. The zero-order valence-corrected chi connectivity index (χ0v) is 11.0. The van der Waals surface area contributed by atoms with E-state index < -0.39 is 5.82 Å². The Kier molecular flexibility index (Phi) is 3.64. The first-order valence-corrected chi connectivity index (χ1v) is 6.03. The molecular weight excluding hydrogens is 308 g/mol. The lowest BCUT2D eigenvalue weighted by molar-refractivity contribution is 0.623. The minimum Gasteiger partial charge on any atom is -0.310 e. The number of pyridine rings is 1. The predicted molar refractivity (Wildman–Crippen MR) is 68.9 cm³/mol. The van der Waals surface area contributed by atoms with Crippen LogP contribution in [0.15, 0.2) is 45.8 Å². The first-order valence-electron chi connectivity index (χ1n) is 4.86. The van der Waals surface area contributed by atoms with Gasteiger partial charge in [-0.1, -0.05) is 17.7 Å². The fourth-order valence-electron chi connectivity index (χ4n) is 1.46. The summed E-state index contributed by atoms with van der Waals surface area (Å²) in [5, 5.41) is 0.0790. The number of rotatable bonds is 2. The SMILES string of the molecule is O=c1ccc(Br)cn1Cc1ccc(Cl)c(F)c1. The van der Waals surface area contributed by atoms with Gasteiger partial charge >= 0.3 is 0 Å². The molecule has 88 valence electrons. The summed E-state index contributed by atoms with van der Waals surface area (Å²) in [4.78, 5) is 11.5. The van der Waals surface area contributed by atoms with Crippen LogP contribution in [0.2, 0.25) is 5.02 Å². The second-order valence-corrected chi connectivity index (χ2v) is 4.88. The Morgan fingerprint density at radius 3 is 2.76 bits per heavy atom. The lowest BCUT2D eigenvalue weighted by Gasteiger charge is -2.06. The maximum absolute atomic E-state index is 13.2. The monoisotopic (exact) mass is 315 g/mol. The Labute approximate surface area is 111 Å². The van der Waals surface area contributed by atoms with Gasteiger partial charge in [0.2, 0.25) is 0 Å². The summed E-state index contributed by atoms with van der Waals surface area (Å²) >= 11 is 8.87. The van der Waals surface area contributed by atoms with Gasteiger partial charge in [0.15, 0.2) is 0 Å². The predicted octanol–water partition coefficient (Wildman–Crippen LogP) is 3.45. The number of benzene rings is 1. The quantitative estimate of drug-likeness (QED) is 0.832. The molecule has 0 amide bonds. The Morgan fingerprint density at radius 2 is 2.06 bits per heavy atom. The molecule has 0 atom stereocenters. The van der Waals surface area contributed by atoms with Gasteiger partial charge in [-0.15, -0.1) is 0 Å². The Bertz CT molecular complexity index is 612. The van der Waals surface area contributed by atoms with E-state index in [1.54, 1.807) is 18.3 Å². The fourth-order valence-corrected chi connectivity index (χ4v) is 1.96. The zero-order chi connectivity index (χ0) is 12.4. The molecule has 2 nitrogen and oxygen atoms in total. The lowest BCUT2D eigenvalue weighted by Crippen LogP contribution is -2.18. The second kappa shape index (κ2) is 5.02. The van der Waals surface area contributed by atoms with Crippen molar-refractivity contribution >= 4 is 27.5 Å². The molecule has 1 heterocycles. The van der Waals surface area contributed by atoms with Gasteiger partial charge < -0.3 is 4.57 Å². The van der Waals surface area contributed by atoms with E-state index in [1.807, 2.05) is 0 Å². The second-order valence-electron chi connectivity index (χ2n) is 3.56. The third-order valence-electron chi connectivity index (χ3n) is 2.28. The smallest absolute Gasteiger partial charge is 0.250 e. The summed E-state index contributed by atoms with van der Waals surface area (Å²) in [5.74, 6) is -0.479. The Morgan fingerprint density at radius 1 is 1.29 bits per heavy atom. The van der Waals surface area contributed by atoms with E-state index in [9.17, 15) is 9.18 Å². The third kappa shape index (κ3) is 2.96. The van der Waals surface area contributed by atoms with Crippen LogP contribution in [-0.4, -0.2) is 4.57 Å². The Hall–Kier alpha value is -1.13. The molecule has 0 unspecified atom stereocenters. The van der Waals surface area contributed by atoms with Gasteiger partial charge in [-0.25, -0.2) is 4.39 Å². The van der Waals surface area contributed by atoms with Gasteiger partial charge in [-0.3, -0.25) is 4.79 Å². The lowest BCUT2D eigenvalue weighted by atomic mass is 10.2. The molecule has 5 heteroatoms. The molecule has 17 heavy (non-hydrogen) atoms. The van der Waals surface area contributed by atoms with Crippen LogP contribution < -0.4 is 5.56 Å². The summed E-state index contributed by atoms with van der Waals surface area (Å²) < 4.78 is 15.5. The van der Waals surface area contributed by atoms with Crippen LogP contribution in [0.1, 0.15) is 5.56 Å². The summed E-state index contributed by atoms with van der Waals surface area (Å²) in [6, 6.07) is 7.63. The van der Waals surface area contributed by atoms with Crippen molar-refractivity contribution in [3.8, 4) is 0 Å². The summed E-state index contributed by atoms with van der Waals surface area (Å²) in [5.41, 5.74) is 0.552. The van der Waals surface area contributed by atoms with E-state index in [-0.39, 0.29) is 10.6 Å². The van der Waals surface area contributed by atoms with Gasteiger partial charge in [0.25, 0.3) is 5.56 Å². The van der Waals surface area contributed by atoms with Gasteiger partial charge in [-0.2, -0.15) is 0 Å². The van der Waals surface area contributed by atoms with Crippen LogP contribution >= 0.6 is 27.5 Å². The minimum atomic E-state index is -0.479. The van der Waals surface area contributed by atoms with Crippen molar-refractivity contribution in [3.05, 3.63) is 67.8 Å². The third-order valence-corrected chi connectivity index (χ3v) is 3.06. The zero-order valence-electron chi connectivity index (χ0n) is 8.66. The van der Waals surface area contributed by atoms with E-state index in [1.165, 1.54) is 22.8 Å². The number of hydrogen-bond donors (Lipinski definition) is 0. The van der Waals surface area contributed by atoms with Gasteiger partial charge in [-0.05, 0) is 39.7 Å². The number of halogens is 3. The van der Waals surface area contributed by atoms with Crippen molar-refractivity contribution in [2.45, 2.75) is 6.54 Å². The van der Waals surface area contributed by atoms with Gasteiger partial charge in [0.1, 0.15) is 5.82 Å². The molecule has 0 spiro atoms. The fraction of sp³-hybridized carbons (Fsp3) is 0.0833. The average molecular weight is 317 g/mol. The molecule has 0 aliphatic rings. The van der Waals surface area contributed by atoms with Crippen LogP contribution in [0.5, 0.6) is 0 Å². The molecule has 2 rings (SSSR count). The topological polar surface area (TPSA) is 22.0 Å². The van der Waals surface area contributed by atoms with Crippen LogP contribution in [0.4, 0.5) is 4.39 Å². The molecule has 1 aromatic carbocycles. The van der Waals surface area contributed by atoms with Crippen LogP contribution in [0, 0.1) is 5.82 Å². The van der Waals surface area contributed by atoms with Crippen molar-refractivity contribution in [3.63, 3.8) is 0 Å². The van der Waals surface area contributed by atoms with Crippen molar-refractivity contribution in [1.29, 1.82) is 0 Å². The molecule has 1 aromatic heterocycles. The molecule has 0 N–H and O–H groups in total. The Balaban J connectivity index is 2.34. The van der Waals surface area contributed by atoms with Crippen LogP contribution in [0.25, 0.3) is 0 Å². The molecule has 0 saturated carbocycles. The molecule has 0 radical (unpaired) electrons. The molecular formula is C12H8BrClFNO. The first kappa shape index (κ1) is 12.3. The summed E-state index contributed by atoms with van der Waals surface area (Å²) in [6.45, 7) is 0.312.